The van der Waals surface area contributed by atoms with Crippen molar-refractivity contribution in [1.29, 1.82) is 0 Å². The normalized spacial score (nSPS) is 12.3. The molecule has 2 heterocycles. The molecule has 0 spiro atoms. The van der Waals surface area contributed by atoms with Gasteiger partial charge in [0.2, 0.25) is 5.91 Å². The third-order valence-electron chi connectivity index (χ3n) is 3.03. The van der Waals surface area contributed by atoms with Crippen molar-refractivity contribution in [3.63, 3.8) is 0 Å². The number of rotatable bonds is 4. The first-order valence-corrected chi connectivity index (χ1v) is 5.92. The van der Waals surface area contributed by atoms with Gasteiger partial charge in [0.15, 0.2) is 0 Å². The second kappa shape index (κ2) is 5.04. The van der Waals surface area contributed by atoms with Crippen LogP contribution in [-0.2, 0) is 4.79 Å². The number of hydrogen-bond acceptors (Lipinski definition) is 2. The first-order chi connectivity index (χ1) is 8.58. The topological polar surface area (TPSA) is 60.9 Å². The number of hydrogen-bond donors (Lipinski definition) is 1. The molecule has 4 heteroatoms. The van der Waals surface area contributed by atoms with E-state index in [0.29, 0.717) is 0 Å². The highest BCUT2D eigenvalue weighted by atomic mass is 16.1. The summed E-state index contributed by atoms with van der Waals surface area (Å²) in [6, 6.07) is 5.81. The summed E-state index contributed by atoms with van der Waals surface area (Å²) in [6.07, 6.45) is 5.98. The third-order valence-corrected chi connectivity index (χ3v) is 3.03. The second-order valence-corrected chi connectivity index (χ2v) is 4.50. The van der Waals surface area contributed by atoms with Crippen molar-refractivity contribution in [2.45, 2.75) is 26.3 Å². The molecular weight excluding hydrogens is 226 g/mol. The summed E-state index contributed by atoms with van der Waals surface area (Å²) >= 11 is 0. The van der Waals surface area contributed by atoms with Crippen LogP contribution in [0, 0.1) is 13.8 Å². The molecule has 0 saturated carbocycles. The van der Waals surface area contributed by atoms with Crippen LogP contribution in [0.2, 0.25) is 0 Å². The molecule has 1 amide bonds. The number of carbonyl (C=O) groups excluding carboxylic acids is 1. The number of aryl methyl sites for hydroxylation is 2. The van der Waals surface area contributed by atoms with Crippen LogP contribution in [0.3, 0.4) is 0 Å². The molecule has 4 nitrogen and oxygen atoms in total. The van der Waals surface area contributed by atoms with Gasteiger partial charge < -0.3 is 10.3 Å². The van der Waals surface area contributed by atoms with E-state index in [2.05, 4.69) is 4.98 Å². The lowest BCUT2D eigenvalue weighted by atomic mass is 10.00. The zero-order valence-corrected chi connectivity index (χ0v) is 10.6. The Morgan fingerprint density at radius 3 is 2.61 bits per heavy atom. The molecule has 0 radical (unpaired) electrons. The zero-order chi connectivity index (χ0) is 13.1. The predicted octanol–water partition coefficient (Wildman–Crippen LogP) is 1.96. The Bertz CT molecular complexity index is 546. The van der Waals surface area contributed by atoms with Crippen LogP contribution < -0.4 is 5.73 Å². The number of nitrogens with zero attached hydrogens (tertiary/aromatic N) is 2. The van der Waals surface area contributed by atoms with Gasteiger partial charge in [0.05, 0.1) is 12.5 Å². The molecule has 0 bridgehead atoms. The van der Waals surface area contributed by atoms with E-state index in [0.717, 1.165) is 16.8 Å². The molecule has 0 aromatic carbocycles. The Kier molecular flexibility index (Phi) is 3.46. The SMILES string of the molecule is Cc1cc(C)c(C(CC(N)=O)n2cccc2)cn1. The van der Waals surface area contributed by atoms with E-state index >= 15 is 0 Å². The number of aromatic nitrogens is 2. The van der Waals surface area contributed by atoms with Gasteiger partial charge in [-0.2, -0.15) is 0 Å². The monoisotopic (exact) mass is 243 g/mol. The van der Waals surface area contributed by atoms with Gasteiger partial charge >= 0.3 is 0 Å². The average molecular weight is 243 g/mol. The van der Waals surface area contributed by atoms with E-state index in [1.165, 1.54) is 0 Å². The smallest absolute Gasteiger partial charge is 0.219 e. The quantitative estimate of drug-likeness (QED) is 0.892. The Morgan fingerprint density at radius 1 is 1.39 bits per heavy atom. The highest BCUT2D eigenvalue weighted by Crippen LogP contribution is 2.24. The van der Waals surface area contributed by atoms with E-state index in [9.17, 15) is 4.79 Å². The standard InChI is InChI=1S/C14H17N3O/c1-10-7-11(2)16-9-12(10)13(8-14(15)18)17-5-3-4-6-17/h3-7,9,13H,8H2,1-2H3,(H2,15,18). The number of primary amides is 1. The van der Waals surface area contributed by atoms with Crippen LogP contribution in [0.15, 0.2) is 36.8 Å². The van der Waals surface area contributed by atoms with Crippen molar-refractivity contribution in [3.05, 3.63) is 53.6 Å². The number of amides is 1. The molecule has 94 valence electrons. The van der Waals surface area contributed by atoms with E-state index < -0.39 is 0 Å². The van der Waals surface area contributed by atoms with E-state index in [4.69, 9.17) is 5.73 Å². The zero-order valence-electron chi connectivity index (χ0n) is 10.6. The van der Waals surface area contributed by atoms with E-state index in [1.54, 1.807) is 0 Å². The lowest BCUT2D eigenvalue weighted by Gasteiger charge is -2.20. The van der Waals surface area contributed by atoms with Crippen molar-refractivity contribution in [1.82, 2.24) is 9.55 Å². The van der Waals surface area contributed by atoms with E-state index in [-0.39, 0.29) is 18.4 Å². The first-order valence-electron chi connectivity index (χ1n) is 5.92. The van der Waals surface area contributed by atoms with Gasteiger partial charge in [-0.15, -0.1) is 0 Å². The van der Waals surface area contributed by atoms with Gasteiger partial charge in [-0.05, 0) is 43.2 Å². The van der Waals surface area contributed by atoms with Crippen molar-refractivity contribution >= 4 is 5.91 Å². The number of pyridine rings is 1. The highest BCUT2D eigenvalue weighted by Gasteiger charge is 2.18. The summed E-state index contributed by atoms with van der Waals surface area (Å²) in [4.78, 5) is 15.6. The minimum Gasteiger partial charge on any atom is -0.370 e. The Labute approximate surface area is 106 Å². The molecule has 1 unspecified atom stereocenters. The Balaban J connectivity index is 2.43. The van der Waals surface area contributed by atoms with Crippen molar-refractivity contribution in [2.24, 2.45) is 5.73 Å². The summed E-state index contributed by atoms with van der Waals surface area (Å²) in [6.45, 7) is 3.98. The van der Waals surface area contributed by atoms with Crippen LogP contribution in [0.4, 0.5) is 0 Å². The molecule has 2 aromatic heterocycles. The van der Waals surface area contributed by atoms with Gasteiger partial charge in [0.25, 0.3) is 0 Å². The van der Waals surface area contributed by atoms with Crippen LogP contribution in [0.1, 0.15) is 29.3 Å². The molecule has 0 saturated heterocycles. The minimum atomic E-state index is -0.311. The van der Waals surface area contributed by atoms with Gasteiger partial charge in [0.1, 0.15) is 0 Å². The third kappa shape index (κ3) is 2.59. The van der Waals surface area contributed by atoms with Gasteiger partial charge in [-0.25, -0.2) is 0 Å². The fourth-order valence-electron chi connectivity index (χ4n) is 2.18. The number of nitrogens with two attached hydrogens (primary N) is 1. The summed E-state index contributed by atoms with van der Waals surface area (Å²) in [5.74, 6) is -0.311. The molecular formula is C14H17N3O. The first kappa shape index (κ1) is 12.4. The Hall–Kier alpha value is -2.10. The number of carbonyl (C=O) groups is 1. The molecule has 18 heavy (non-hydrogen) atoms. The lowest BCUT2D eigenvalue weighted by Crippen LogP contribution is -2.20. The largest absolute Gasteiger partial charge is 0.370 e. The molecule has 2 rings (SSSR count). The second-order valence-electron chi connectivity index (χ2n) is 4.50. The van der Waals surface area contributed by atoms with Crippen LogP contribution in [0.25, 0.3) is 0 Å². The Morgan fingerprint density at radius 2 is 2.06 bits per heavy atom. The maximum Gasteiger partial charge on any atom is 0.219 e. The molecule has 0 aliphatic rings. The minimum absolute atomic E-state index is 0.0781. The lowest BCUT2D eigenvalue weighted by molar-refractivity contribution is -0.118. The van der Waals surface area contributed by atoms with Crippen LogP contribution in [-0.4, -0.2) is 15.5 Å². The van der Waals surface area contributed by atoms with Gasteiger partial charge in [0, 0.05) is 24.3 Å². The summed E-state index contributed by atoms with van der Waals surface area (Å²) in [7, 11) is 0. The average Bonchev–Trinajstić information content (AvgIpc) is 2.79. The fourth-order valence-corrected chi connectivity index (χ4v) is 2.18. The van der Waals surface area contributed by atoms with Crippen molar-refractivity contribution in [3.8, 4) is 0 Å². The molecule has 0 aliphatic heterocycles. The molecule has 0 aliphatic carbocycles. The predicted molar refractivity (Wildman–Crippen MR) is 70.1 cm³/mol. The van der Waals surface area contributed by atoms with Crippen molar-refractivity contribution in [2.75, 3.05) is 0 Å². The van der Waals surface area contributed by atoms with Crippen LogP contribution in [0.5, 0.6) is 0 Å². The van der Waals surface area contributed by atoms with Gasteiger partial charge in [-0.3, -0.25) is 9.78 Å². The highest BCUT2D eigenvalue weighted by molar-refractivity contribution is 5.74. The maximum atomic E-state index is 11.2. The summed E-state index contributed by atoms with van der Waals surface area (Å²) in [5.41, 5.74) is 8.48. The van der Waals surface area contributed by atoms with E-state index in [1.807, 2.05) is 55.2 Å². The fraction of sp³-hybridized carbons (Fsp3) is 0.286. The molecule has 2 N–H and O–H groups in total. The van der Waals surface area contributed by atoms with Crippen molar-refractivity contribution < 1.29 is 4.79 Å². The molecule has 2 aromatic rings. The summed E-state index contributed by atoms with van der Waals surface area (Å²) in [5, 5.41) is 0. The van der Waals surface area contributed by atoms with Crippen LogP contribution >= 0.6 is 0 Å². The molecule has 0 fully saturated rings. The maximum absolute atomic E-state index is 11.2. The summed E-state index contributed by atoms with van der Waals surface area (Å²) < 4.78 is 1.99. The van der Waals surface area contributed by atoms with Gasteiger partial charge in [-0.1, -0.05) is 0 Å². The molecule has 1 atom stereocenters.